The highest BCUT2D eigenvalue weighted by Gasteiger charge is 2.14. The SMILES string of the molecule is N#Cc1cnc2cc(-c3ccc(CNCCCN4CCOCC4)o3)ccc2c1Nc1ccc(Oc2ccccc2)c(Cl)c1. The number of halogens is 1. The molecule has 0 saturated carbocycles. The minimum absolute atomic E-state index is 0.431. The van der Waals surface area contributed by atoms with Gasteiger partial charge >= 0.3 is 0 Å². The van der Waals surface area contributed by atoms with E-state index in [0.29, 0.717) is 34.3 Å². The summed E-state index contributed by atoms with van der Waals surface area (Å²) in [7, 11) is 0. The predicted octanol–water partition coefficient (Wildman–Crippen LogP) is 7.37. The summed E-state index contributed by atoms with van der Waals surface area (Å²) in [6.07, 6.45) is 2.67. The highest BCUT2D eigenvalue weighted by molar-refractivity contribution is 6.32. The van der Waals surface area contributed by atoms with E-state index < -0.39 is 0 Å². The molecule has 6 rings (SSSR count). The number of nitrogens with one attached hydrogen (secondary N) is 2. The van der Waals surface area contributed by atoms with Crippen LogP contribution in [0.4, 0.5) is 11.4 Å². The molecule has 2 aromatic heterocycles. The molecule has 0 aliphatic carbocycles. The van der Waals surface area contributed by atoms with Crippen molar-refractivity contribution in [2.45, 2.75) is 13.0 Å². The summed E-state index contributed by atoms with van der Waals surface area (Å²) in [5, 5.41) is 17.9. The molecule has 0 radical (unpaired) electrons. The van der Waals surface area contributed by atoms with E-state index in [1.54, 1.807) is 18.3 Å². The predicted molar refractivity (Wildman–Crippen MR) is 169 cm³/mol. The van der Waals surface area contributed by atoms with E-state index in [2.05, 4.69) is 26.6 Å². The molecular weight excluding hydrogens is 562 g/mol. The van der Waals surface area contributed by atoms with Gasteiger partial charge in [-0.2, -0.15) is 5.26 Å². The third kappa shape index (κ3) is 7.16. The highest BCUT2D eigenvalue weighted by atomic mass is 35.5. The fourth-order valence-corrected chi connectivity index (χ4v) is 5.30. The van der Waals surface area contributed by atoms with Gasteiger partial charge in [-0.15, -0.1) is 0 Å². The Labute approximate surface area is 255 Å². The van der Waals surface area contributed by atoms with E-state index in [9.17, 15) is 5.26 Å². The number of ether oxygens (including phenoxy) is 2. The first-order valence-electron chi connectivity index (χ1n) is 14.4. The number of morpholine rings is 1. The largest absolute Gasteiger partial charge is 0.460 e. The monoisotopic (exact) mass is 593 g/mol. The molecule has 1 aliphatic rings. The van der Waals surface area contributed by atoms with Crippen LogP contribution in [0.2, 0.25) is 5.02 Å². The molecule has 5 aromatic rings. The van der Waals surface area contributed by atoms with Crippen LogP contribution < -0.4 is 15.4 Å². The number of hydrogen-bond donors (Lipinski definition) is 2. The molecule has 2 N–H and O–H groups in total. The van der Waals surface area contributed by atoms with Crippen LogP contribution in [-0.4, -0.2) is 49.3 Å². The summed E-state index contributed by atoms with van der Waals surface area (Å²) in [5.41, 5.74) is 3.48. The van der Waals surface area contributed by atoms with E-state index in [4.69, 9.17) is 25.5 Å². The van der Waals surface area contributed by atoms with Crippen LogP contribution >= 0.6 is 11.6 Å². The van der Waals surface area contributed by atoms with Crippen LogP contribution in [0.5, 0.6) is 11.5 Å². The third-order valence-electron chi connectivity index (χ3n) is 7.34. The van der Waals surface area contributed by atoms with Gasteiger partial charge in [0.05, 0.1) is 41.5 Å². The summed E-state index contributed by atoms with van der Waals surface area (Å²) in [6.45, 7) is 6.38. The van der Waals surface area contributed by atoms with Crippen LogP contribution in [0.3, 0.4) is 0 Å². The van der Waals surface area contributed by atoms with Crippen LogP contribution in [0.1, 0.15) is 17.7 Å². The first kappa shape index (κ1) is 28.7. The van der Waals surface area contributed by atoms with Crippen molar-refractivity contribution in [3.8, 4) is 28.9 Å². The molecule has 0 atom stereocenters. The number of pyridine rings is 1. The lowest BCUT2D eigenvalue weighted by atomic mass is 10.1. The molecule has 3 aromatic carbocycles. The van der Waals surface area contributed by atoms with Gasteiger partial charge in [-0.25, -0.2) is 0 Å². The third-order valence-corrected chi connectivity index (χ3v) is 7.63. The molecule has 43 heavy (non-hydrogen) atoms. The second-order valence-electron chi connectivity index (χ2n) is 10.3. The number of aromatic nitrogens is 1. The molecule has 218 valence electrons. The standard InChI is InChI=1S/C34H32ClN5O3/c35-30-20-26(8-11-33(30)42-27-5-2-1-3-6-27)39-34-25(21-36)22-38-31-19-24(7-10-29(31)34)32-12-9-28(43-32)23-37-13-4-14-40-15-17-41-18-16-40/h1-3,5-12,19-20,22,37H,4,13-18,23H2,(H,38,39). The van der Waals surface area contributed by atoms with Gasteiger partial charge in [0.1, 0.15) is 29.1 Å². The van der Waals surface area contributed by atoms with E-state index in [0.717, 1.165) is 79.5 Å². The quantitative estimate of drug-likeness (QED) is 0.153. The van der Waals surface area contributed by atoms with Gasteiger partial charge < -0.3 is 24.5 Å². The zero-order chi connectivity index (χ0) is 29.4. The first-order valence-corrected chi connectivity index (χ1v) is 14.8. The van der Waals surface area contributed by atoms with Crippen LogP contribution in [0.25, 0.3) is 22.2 Å². The Bertz CT molecular complexity index is 1730. The Morgan fingerprint density at radius 3 is 2.67 bits per heavy atom. The smallest absolute Gasteiger partial charge is 0.146 e. The number of nitrogens with zero attached hydrogens (tertiary/aromatic N) is 3. The molecule has 1 saturated heterocycles. The van der Waals surface area contributed by atoms with Crippen molar-refractivity contribution in [1.29, 1.82) is 5.26 Å². The van der Waals surface area contributed by atoms with Crippen molar-refractivity contribution in [2.24, 2.45) is 0 Å². The van der Waals surface area contributed by atoms with Gasteiger partial charge in [-0.3, -0.25) is 9.88 Å². The van der Waals surface area contributed by atoms with Gasteiger partial charge in [0.2, 0.25) is 0 Å². The number of benzene rings is 3. The minimum atomic E-state index is 0.431. The van der Waals surface area contributed by atoms with Crippen LogP contribution in [-0.2, 0) is 11.3 Å². The average Bonchev–Trinajstić information content (AvgIpc) is 3.52. The second kappa shape index (κ2) is 13.7. The minimum Gasteiger partial charge on any atom is -0.460 e. The van der Waals surface area contributed by atoms with Gasteiger partial charge in [-0.1, -0.05) is 35.9 Å². The van der Waals surface area contributed by atoms with Crippen molar-refractivity contribution in [2.75, 3.05) is 44.7 Å². The number of furan rings is 1. The molecule has 0 unspecified atom stereocenters. The summed E-state index contributed by atoms with van der Waals surface area (Å²) < 4.78 is 17.5. The summed E-state index contributed by atoms with van der Waals surface area (Å²) in [5.74, 6) is 2.90. The van der Waals surface area contributed by atoms with E-state index in [1.165, 1.54) is 0 Å². The van der Waals surface area contributed by atoms with E-state index >= 15 is 0 Å². The molecule has 0 amide bonds. The molecule has 1 fully saturated rings. The lowest BCUT2D eigenvalue weighted by molar-refractivity contribution is 0.0374. The second-order valence-corrected chi connectivity index (χ2v) is 10.7. The molecular formula is C34H32ClN5O3. The molecule has 1 aliphatic heterocycles. The maximum absolute atomic E-state index is 9.82. The number of para-hydroxylation sites is 1. The zero-order valence-corrected chi connectivity index (χ0v) is 24.4. The summed E-state index contributed by atoms with van der Waals surface area (Å²) in [6, 6.07) is 27.1. The number of rotatable bonds is 11. The number of nitriles is 1. The maximum Gasteiger partial charge on any atom is 0.146 e. The Morgan fingerprint density at radius 2 is 1.86 bits per heavy atom. The van der Waals surface area contributed by atoms with E-state index in [1.807, 2.05) is 66.7 Å². The summed E-state index contributed by atoms with van der Waals surface area (Å²) >= 11 is 6.54. The Hall–Kier alpha value is -4.39. The Balaban J connectivity index is 1.13. The topological polar surface area (TPSA) is 95.6 Å². The van der Waals surface area contributed by atoms with Gasteiger partial charge in [-0.05, 0) is 74.1 Å². The highest BCUT2D eigenvalue weighted by Crippen LogP contribution is 2.36. The number of hydrogen-bond acceptors (Lipinski definition) is 8. The lowest BCUT2D eigenvalue weighted by Gasteiger charge is -2.26. The normalized spacial score (nSPS) is 13.6. The van der Waals surface area contributed by atoms with Crippen LogP contribution in [0, 0.1) is 11.3 Å². The molecule has 0 spiro atoms. The number of anilines is 2. The van der Waals surface area contributed by atoms with Crippen molar-refractivity contribution in [3.05, 3.63) is 101 Å². The number of fused-ring (bicyclic) bond motifs is 1. The fourth-order valence-electron chi connectivity index (χ4n) is 5.08. The fraction of sp³-hybridized carbons (Fsp3) is 0.235. The van der Waals surface area contributed by atoms with Gasteiger partial charge in [0, 0.05) is 35.9 Å². The molecule has 9 heteroatoms. The van der Waals surface area contributed by atoms with Crippen molar-refractivity contribution in [1.82, 2.24) is 15.2 Å². The van der Waals surface area contributed by atoms with Gasteiger partial charge in [0.25, 0.3) is 0 Å². The van der Waals surface area contributed by atoms with Crippen LogP contribution in [0.15, 0.2) is 89.5 Å². The molecule has 0 bridgehead atoms. The van der Waals surface area contributed by atoms with Gasteiger partial charge in [0.15, 0.2) is 0 Å². The van der Waals surface area contributed by atoms with Crippen molar-refractivity contribution >= 4 is 33.9 Å². The molecule has 8 nitrogen and oxygen atoms in total. The zero-order valence-electron chi connectivity index (χ0n) is 23.7. The lowest BCUT2D eigenvalue weighted by Crippen LogP contribution is -2.37. The summed E-state index contributed by atoms with van der Waals surface area (Å²) in [4.78, 5) is 7.00. The Kier molecular flexibility index (Phi) is 9.16. The van der Waals surface area contributed by atoms with Crippen molar-refractivity contribution in [3.63, 3.8) is 0 Å². The van der Waals surface area contributed by atoms with E-state index in [-0.39, 0.29) is 0 Å². The Morgan fingerprint density at radius 1 is 1.00 bits per heavy atom. The maximum atomic E-state index is 9.82. The average molecular weight is 594 g/mol. The first-order chi connectivity index (χ1) is 21.2. The van der Waals surface area contributed by atoms with Crippen molar-refractivity contribution < 1.29 is 13.9 Å². The molecule has 3 heterocycles.